The van der Waals surface area contributed by atoms with Gasteiger partial charge in [-0.25, -0.2) is 4.79 Å². The number of hydrogen-bond acceptors (Lipinski definition) is 8. The lowest BCUT2D eigenvalue weighted by Gasteiger charge is -2.33. The first-order chi connectivity index (χ1) is 18.5. The van der Waals surface area contributed by atoms with Crippen LogP contribution in [-0.2, 0) is 23.9 Å². The lowest BCUT2D eigenvalue weighted by atomic mass is 9.95. The van der Waals surface area contributed by atoms with Gasteiger partial charge in [-0.1, -0.05) is 11.2 Å². The van der Waals surface area contributed by atoms with E-state index in [-0.39, 0.29) is 42.9 Å². The third-order valence-electron chi connectivity index (χ3n) is 6.85. The fourth-order valence-electron chi connectivity index (χ4n) is 4.75. The number of carbonyl (C=O) groups is 4. The zero-order chi connectivity index (χ0) is 28.6. The Morgan fingerprint density at radius 2 is 1.87 bits per heavy atom. The van der Waals surface area contributed by atoms with Crippen LogP contribution in [0.15, 0.2) is 22.7 Å². The van der Waals surface area contributed by atoms with Crippen molar-refractivity contribution in [2.45, 2.75) is 71.8 Å². The molecule has 0 unspecified atom stereocenters. The summed E-state index contributed by atoms with van der Waals surface area (Å²) in [5, 5.41) is 6.68. The standard InChI is InChI=1S/C28H42N4O7/c1-6-37-26(35)22(23-16-19(2)30-39-23)17-29-25(34)21-8-7-13-32(18-21)24(33)10-9-20-11-14-31(15-12-20)27(36)38-28(3,4)5/h9-10,16,20-22H,6-8,11-15,17-18H2,1-5H3,(H,29,34)/b10-9+/t21-,22+/m1/s1. The van der Waals surface area contributed by atoms with Gasteiger partial charge in [0, 0.05) is 38.8 Å². The highest BCUT2D eigenvalue weighted by atomic mass is 16.6. The van der Waals surface area contributed by atoms with E-state index in [1.54, 1.807) is 35.8 Å². The summed E-state index contributed by atoms with van der Waals surface area (Å²) in [5.41, 5.74) is 0.107. The molecule has 2 saturated heterocycles. The van der Waals surface area contributed by atoms with Gasteiger partial charge in [0.2, 0.25) is 11.8 Å². The number of allylic oxidation sites excluding steroid dienone is 1. The van der Waals surface area contributed by atoms with E-state index in [1.807, 2.05) is 26.8 Å². The molecule has 216 valence electrons. The number of hydrogen-bond donors (Lipinski definition) is 1. The Morgan fingerprint density at radius 1 is 1.15 bits per heavy atom. The molecule has 1 aromatic heterocycles. The third-order valence-corrected chi connectivity index (χ3v) is 6.85. The Bertz CT molecular complexity index is 1040. The highest BCUT2D eigenvalue weighted by molar-refractivity contribution is 5.88. The van der Waals surface area contributed by atoms with E-state index < -0.39 is 17.5 Å². The molecule has 2 atom stereocenters. The lowest BCUT2D eigenvalue weighted by molar-refractivity contribution is -0.145. The largest absolute Gasteiger partial charge is 0.465 e. The molecule has 39 heavy (non-hydrogen) atoms. The van der Waals surface area contributed by atoms with E-state index in [4.69, 9.17) is 14.0 Å². The molecule has 11 nitrogen and oxygen atoms in total. The van der Waals surface area contributed by atoms with Crippen LogP contribution in [0, 0.1) is 18.8 Å². The van der Waals surface area contributed by atoms with Gasteiger partial charge < -0.3 is 29.1 Å². The highest BCUT2D eigenvalue weighted by Gasteiger charge is 2.31. The first-order valence-corrected chi connectivity index (χ1v) is 13.8. The lowest BCUT2D eigenvalue weighted by Crippen LogP contribution is -2.46. The summed E-state index contributed by atoms with van der Waals surface area (Å²) in [4.78, 5) is 54.0. The number of nitrogens with one attached hydrogen (secondary N) is 1. The van der Waals surface area contributed by atoms with Crippen LogP contribution in [0.1, 0.15) is 70.8 Å². The fraction of sp³-hybridized carbons (Fsp3) is 0.679. The Kier molecular flexibility index (Phi) is 10.5. The number of aryl methyl sites for hydroxylation is 1. The van der Waals surface area contributed by atoms with E-state index in [0.29, 0.717) is 50.5 Å². The van der Waals surface area contributed by atoms with Gasteiger partial charge in [0.05, 0.1) is 18.2 Å². The maximum Gasteiger partial charge on any atom is 0.410 e. The molecule has 0 saturated carbocycles. The Labute approximate surface area is 230 Å². The van der Waals surface area contributed by atoms with Gasteiger partial charge in [0.15, 0.2) is 5.76 Å². The molecule has 2 aliphatic heterocycles. The van der Waals surface area contributed by atoms with Crippen molar-refractivity contribution in [3.8, 4) is 0 Å². The van der Waals surface area contributed by atoms with Crippen molar-refractivity contribution < 1.29 is 33.2 Å². The topological polar surface area (TPSA) is 131 Å². The highest BCUT2D eigenvalue weighted by Crippen LogP contribution is 2.23. The molecule has 3 amide bonds. The molecule has 1 aromatic rings. The van der Waals surface area contributed by atoms with Crippen molar-refractivity contribution in [2.24, 2.45) is 11.8 Å². The molecule has 0 bridgehead atoms. The number of likely N-dealkylation sites (tertiary alicyclic amines) is 2. The van der Waals surface area contributed by atoms with Crippen molar-refractivity contribution in [2.75, 3.05) is 39.3 Å². The van der Waals surface area contributed by atoms with Gasteiger partial charge in [-0.3, -0.25) is 14.4 Å². The van der Waals surface area contributed by atoms with E-state index in [1.165, 1.54) is 0 Å². The number of rotatable bonds is 8. The molecular weight excluding hydrogens is 504 g/mol. The number of piperidine rings is 2. The Hall–Kier alpha value is -3.37. The van der Waals surface area contributed by atoms with Gasteiger partial charge in [0.1, 0.15) is 11.5 Å². The van der Waals surface area contributed by atoms with E-state index in [0.717, 1.165) is 12.8 Å². The quantitative estimate of drug-likeness (QED) is 0.389. The Balaban J connectivity index is 1.48. The Morgan fingerprint density at radius 3 is 2.49 bits per heavy atom. The first kappa shape index (κ1) is 30.2. The summed E-state index contributed by atoms with van der Waals surface area (Å²) in [5.74, 6) is -1.44. The maximum absolute atomic E-state index is 13.0. The van der Waals surface area contributed by atoms with Crippen LogP contribution in [0.2, 0.25) is 0 Å². The monoisotopic (exact) mass is 546 g/mol. The summed E-state index contributed by atoms with van der Waals surface area (Å²) in [7, 11) is 0. The van der Waals surface area contributed by atoms with E-state index in [2.05, 4.69) is 10.5 Å². The normalized spacial score (nSPS) is 19.6. The number of ether oxygens (including phenoxy) is 2. The SMILES string of the molecule is CCOC(=O)[C@@H](CNC(=O)[C@@H]1CCCN(C(=O)/C=C/C2CCN(C(=O)OC(C)(C)C)CC2)C1)c1cc(C)no1. The molecular formula is C28H42N4O7. The summed E-state index contributed by atoms with van der Waals surface area (Å²) < 4.78 is 15.8. The average molecular weight is 547 g/mol. The van der Waals surface area contributed by atoms with Crippen LogP contribution in [0.3, 0.4) is 0 Å². The molecule has 11 heteroatoms. The second kappa shape index (κ2) is 13.6. The zero-order valence-corrected chi connectivity index (χ0v) is 23.7. The summed E-state index contributed by atoms with van der Waals surface area (Å²) >= 11 is 0. The number of carbonyl (C=O) groups excluding carboxylic acids is 4. The third kappa shape index (κ3) is 9.11. The average Bonchev–Trinajstić information content (AvgIpc) is 3.32. The van der Waals surface area contributed by atoms with Crippen molar-refractivity contribution in [3.63, 3.8) is 0 Å². The van der Waals surface area contributed by atoms with Crippen LogP contribution >= 0.6 is 0 Å². The minimum absolute atomic E-state index is 0.0264. The summed E-state index contributed by atoms with van der Waals surface area (Å²) in [6.45, 7) is 11.3. The number of esters is 1. The summed E-state index contributed by atoms with van der Waals surface area (Å²) in [6.07, 6.45) is 6.12. The maximum atomic E-state index is 13.0. The minimum atomic E-state index is -0.791. The molecule has 1 N–H and O–H groups in total. The van der Waals surface area contributed by atoms with Crippen molar-refractivity contribution in [1.82, 2.24) is 20.3 Å². The van der Waals surface area contributed by atoms with Gasteiger partial charge in [-0.2, -0.15) is 0 Å². The first-order valence-electron chi connectivity index (χ1n) is 13.8. The van der Waals surface area contributed by atoms with Crippen LogP contribution in [-0.4, -0.2) is 83.8 Å². The predicted octanol–water partition coefficient (Wildman–Crippen LogP) is 3.19. The van der Waals surface area contributed by atoms with Crippen molar-refractivity contribution in [3.05, 3.63) is 29.7 Å². The molecule has 0 aliphatic carbocycles. The van der Waals surface area contributed by atoms with E-state index in [9.17, 15) is 19.2 Å². The number of aromatic nitrogens is 1. The molecule has 2 fully saturated rings. The van der Waals surface area contributed by atoms with Crippen molar-refractivity contribution >= 4 is 23.9 Å². The van der Waals surface area contributed by atoms with Crippen LogP contribution < -0.4 is 5.32 Å². The number of nitrogens with zero attached hydrogens (tertiary/aromatic N) is 3. The minimum Gasteiger partial charge on any atom is -0.465 e. The van der Waals surface area contributed by atoms with Gasteiger partial charge in [-0.05, 0) is 72.3 Å². The second-order valence-electron chi connectivity index (χ2n) is 11.2. The van der Waals surface area contributed by atoms with Crippen LogP contribution in [0.5, 0.6) is 0 Å². The second-order valence-corrected chi connectivity index (χ2v) is 11.2. The molecule has 0 radical (unpaired) electrons. The molecule has 2 aliphatic rings. The van der Waals surface area contributed by atoms with Gasteiger partial charge in [0.25, 0.3) is 0 Å². The molecule has 0 aromatic carbocycles. The van der Waals surface area contributed by atoms with Gasteiger partial charge in [-0.15, -0.1) is 0 Å². The smallest absolute Gasteiger partial charge is 0.410 e. The molecule has 3 heterocycles. The number of amides is 3. The summed E-state index contributed by atoms with van der Waals surface area (Å²) in [6, 6.07) is 1.66. The van der Waals surface area contributed by atoms with Gasteiger partial charge >= 0.3 is 12.1 Å². The molecule has 0 spiro atoms. The molecule has 3 rings (SSSR count). The zero-order valence-electron chi connectivity index (χ0n) is 23.7. The van der Waals surface area contributed by atoms with Crippen LogP contribution in [0.4, 0.5) is 4.79 Å². The van der Waals surface area contributed by atoms with Crippen molar-refractivity contribution in [1.29, 1.82) is 0 Å². The van der Waals surface area contributed by atoms with E-state index >= 15 is 0 Å². The fourth-order valence-corrected chi connectivity index (χ4v) is 4.75. The van der Waals surface area contributed by atoms with Crippen LogP contribution in [0.25, 0.3) is 0 Å². The predicted molar refractivity (Wildman–Crippen MR) is 143 cm³/mol.